The molecule has 1 aliphatic rings. The molecule has 0 bridgehead atoms. The number of carboxylic acids is 6. The fourth-order valence-electron chi connectivity index (χ4n) is 2.79. The summed E-state index contributed by atoms with van der Waals surface area (Å²) in [5, 5.41) is 66.8. The van der Waals surface area contributed by atoms with E-state index in [2.05, 4.69) is 0 Å². The average Bonchev–Trinajstić information content (AvgIpc) is 2.74. The van der Waals surface area contributed by atoms with Gasteiger partial charge in [0.05, 0.1) is 52.1 Å². The Balaban J connectivity index is -0.000000220. The minimum Gasteiger partial charge on any atom is -0.549 e. The summed E-state index contributed by atoms with van der Waals surface area (Å²) in [4.78, 5) is 66.8. The van der Waals surface area contributed by atoms with Crippen LogP contribution in [-0.4, -0.2) is 35.8 Å². The van der Waals surface area contributed by atoms with Crippen molar-refractivity contribution in [1.82, 2.24) is 0 Å². The second-order valence-electron chi connectivity index (χ2n) is 4.97. The van der Waals surface area contributed by atoms with Gasteiger partial charge in [-0.2, -0.15) is 0 Å². The molecule has 1 rings (SSSR count). The van der Waals surface area contributed by atoms with E-state index in [-0.39, 0.29) is 177 Å². The van der Waals surface area contributed by atoms with E-state index < -0.39 is 64.9 Å². The average molecular weight is 466 g/mol. The maximum Gasteiger partial charge on any atom is 1.00 e. The molecule has 0 unspecified atom stereocenters. The first-order chi connectivity index (χ1) is 10.3. The molecule has 0 aromatic rings. The number of rotatable bonds is 6. The third kappa shape index (κ3) is 7.15. The molecule has 0 amide bonds. The first-order valence-electron chi connectivity index (χ1n) is 5.61. The second-order valence-corrected chi connectivity index (χ2v) is 4.97. The SMILES string of the molecule is O=C([O-])C1(C(=O)[O-])CC(C(=O)[O-])(C(=O)[O-])C(C(=O)[O-])(C(=O)[O-])C1.[Na+].[Na+].[Na+].[Na+].[Na+].[Na+]. The molecule has 1 saturated carbocycles. The van der Waals surface area contributed by atoms with Gasteiger partial charge in [-0.1, -0.05) is 0 Å². The molecule has 0 N–H and O–H groups in total. The minimum absolute atomic E-state index is 0. The predicted octanol–water partition coefficient (Wildman–Crippen LogP) is -27.7. The van der Waals surface area contributed by atoms with E-state index in [9.17, 15) is 59.4 Å². The quantitative estimate of drug-likeness (QED) is 0.262. The summed E-state index contributed by atoms with van der Waals surface area (Å²) in [5.41, 5.74) is -11.8. The number of aliphatic carboxylic acids is 6. The Morgan fingerprint density at radius 1 is 0.414 bits per heavy atom. The summed E-state index contributed by atoms with van der Waals surface area (Å²) in [7, 11) is 0. The van der Waals surface area contributed by atoms with Crippen molar-refractivity contribution < 1.29 is 237 Å². The van der Waals surface area contributed by atoms with Gasteiger partial charge >= 0.3 is 177 Å². The van der Waals surface area contributed by atoms with Gasteiger partial charge in [0.15, 0.2) is 0 Å². The summed E-state index contributed by atoms with van der Waals surface area (Å²) in [6.45, 7) is 0. The van der Waals surface area contributed by atoms with E-state index in [0.29, 0.717) is 0 Å². The molecule has 0 radical (unpaired) electrons. The van der Waals surface area contributed by atoms with Crippen molar-refractivity contribution in [2.75, 3.05) is 0 Å². The Kier molecular flexibility index (Phi) is 25.7. The van der Waals surface area contributed by atoms with Crippen molar-refractivity contribution in [1.29, 1.82) is 0 Å². The number of hydrogen-bond acceptors (Lipinski definition) is 12. The van der Waals surface area contributed by atoms with E-state index in [1.54, 1.807) is 0 Å². The molecule has 126 valence electrons. The van der Waals surface area contributed by atoms with Gasteiger partial charge in [0, 0.05) is 0 Å². The van der Waals surface area contributed by atoms with Crippen LogP contribution in [0.3, 0.4) is 0 Å². The van der Waals surface area contributed by atoms with Crippen LogP contribution in [0.4, 0.5) is 0 Å². The van der Waals surface area contributed by atoms with Gasteiger partial charge < -0.3 is 59.4 Å². The van der Waals surface area contributed by atoms with E-state index in [1.165, 1.54) is 0 Å². The fourth-order valence-corrected chi connectivity index (χ4v) is 2.79. The van der Waals surface area contributed by atoms with Crippen LogP contribution >= 0.6 is 0 Å². The Morgan fingerprint density at radius 2 is 0.586 bits per heavy atom. The van der Waals surface area contributed by atoms with Crippen molar-refractivity contribution in [2.45, 2.75) is 12.8 Å². The Morgan fingerprint density at radius 3 is 0.690 bits per heavy atom. The van der Waals surface area contributed by atoms with Crippen molar-refractivity contribution in [3.63, 3.8) is 0 Å². The zero-order valence-corrected chi connectivity index (χ0v) is 28.8. The van der Waals surface area contributed by atoms with E-state index in [1.807, 2.05) is 0 Å². The molecule has 29 heavy (non-hydrogen) atoms. The van der Waals surface area contributed by atoms with Crippen molar-refractivity contribution in [3.05, 3.63) is 0 Å². The molecule has 1 aliphatic carbocycles. The van der Waals surface area contributed by atoms with Crippen LogP contribution in [0, 0.1) is 16.2 Å². The zero-order chi connectivity index (χ0) is 18.4. The van der Waals surface area contributed by atoms with Crippen LogP contribution in [0.25, 0.3) is 0 Å². The Bertz CT molecular complexity index is 581. The number of hydrogen-bond donors (Lipinski definition) is 0. The molecule has 0 atom stereocenters. The summed E-state index contributed by atoms with van der Waals surface area (Å²) in [6.07, 6.45) is -4.14. The van der Waals surface area contributed by atoms with Crippen LogP contribution in [-0.2, 0) is 28.8 Å². The van der Waals surface area contributed by atoms with Gasteiger partial charge in [-0.3, -0.25) is 0 Å². The van der Waals surface area contributed by atoms with E-state index >= 15 is 0 Å². The third-order valence-electron chi connectivity index (χ3n) is 4.04. The molecular formula is C11H4Na6O12. The number of carboxylic acid groups (broad SMARTS) is 6. The van der Waals surface area contributed by atoms with E-state index in [4.69, 9.17) is 0 Å². The summed E-state index contributed by atoms with van der Waals surface area (Å²) >= 11 is 0. The van der Waals surface area contributed by atoms with Crippen LogP contribution < -0.4 is 208 Å². The van der Waals surface area contributed by atoms with Crippen LogP contribution in [0.15, 0.2) is 0 Å². The van der Waals surface area contributed by atoms with Gasteiger partial charge in [-0.05, 0) is 12.8 Å². The molecule has 12 nitrogen and oxygen atoms in total. The molecule has 0 heterocycles. The van der Waals surface area contributed by atoms with Crippen molar-refractivity contribution >= 4 is 35.8 Å². The van der Waals surface area contributed by atoms with Crippen LogP contribution in [0.5, 0.6) is 0 Å². The maximum absolute atomic E-state index is 11.2. The Hall–Kier alpha value is 2.82. The predicted molar refractivity (Wildman–Crippen MR) is 46.6 cm³/mol. The smallest absolute Gasteiger partial charge is 0.549 e. The summed E-state index contributed by atoms with van der Waals surface area (Å²) < 4.78 is 0. The molecular weight excluding hydrogens is 462 g/mol. The molecule has 0 aromatic carbocycles. The first kappa shape index (κ1) is 45.3. The van der Waals surface area contributed by atoms with Crippen LogP contribution in [0.1, 0.15) is 12.8 Å². The number of carbonyl (C=O) groups is 6. The zero-order valence-electron chi connectivity index (χ0n) is 16.8. The van der Waals surface area contributed by atoms with Gasteiger partial charge in [0.1, 0.15) is 0 Å². The second kappa shape index (κ2) is 16.4. The van der Waals surface area contributed by atoms with Gasteiger partial charge in [0.25, 0.3) is 0 Å². The van der Waals surface area contributed by atoms with Crippen molar-refractivity contribution in [2.24, 2.45) is 16.2 Å². The van der Waals surface area contributed by atoms with Gasteiger partial charge in [0.2, 0.25) is 0 Å². The first-order valence-corrected chi connectivity index (χ1v) is 5.61. The molecule has 1 fully saturated rings. The normalized spacial score (nSPS) is 16.1. The number of carbonyl (C=O) groups excluding carboxylic acids is 6. The van der Waals surface area contributed by atoms with E-state index in [0.717, 1.165) is 0 Å². The fraction of sp³-hybridized carbons (Fsp3) is 0.455. The molecule has 0 aromatic heterocycles. The Labute approximate surface area is 296 Å². The summed E-state index contributed by atoms with van der Waals surface area (Å²) in [5.74, 6) is -16.9. The summed E-state index contributed by atoms with van der Waals surface area (Å²) in [6, 6.07) is 0. The van der Waals surface area contributed by atoms with Gasteiger partial charge in [-0.15, -0.1) is 0 Å². The monoisotopic (exact) mass is 466 g/mol. The molecule has 0 spiro atoms. The molecule has 18 heteroatoms. The standard InChI is InChI=1S/C11H10O12.6Na/c12-3(13)9(4(14)15)1-10(5(16)17,6(18)19)11(2-9,7(20)21)8(22)23;;;;;;/h1-2H2,(H,12,13)(H,14,15)(H,16,17)(H,18,19)(H,20,21)(H,22,23);;;;;;/q;6*+1/p-6. The molecule has 0 saturated heterocycles. The van der Waals surface area contributed by atoms with Crippen LogP contribution in [0.2, 0.25) is 0 Å². The maximum atomic E-state index is 11.2. The largest absolute Gasteiger partial charge is 1.00 e. The third-order valence-corrected chi connectivity index (χ3v) is 4.04. The van der Waals surface area contributed by atoms with Gasteiger partial charge in [-0.25, -0.2) is 0 Å². The topological polar surface area (TPSA) is 241 Å². The van der Waals surface area contributed by atoms with Crippen molar-refractivity contribution in [3.8, 4) is 0 Å². The minimum atomic E-state index is -4.11. The molecule has 0 aliphatic heterocycles.